The maximum Gasteiger partial charge on any atom is 0.179 e. The van der Waals surface area contributed by atoms with Gasteiger partial charge in [-0.25, -0.2) is 0 Å². The largest absolute Gasteiger partial charge is 0.486 e. The molecule has 0 saturated carbocycles. The van der Waals surface area contributed by atoms with Crippen molar-refractivity contribution in [2.75, 3.05) is 19.8 Å². The lowest BCUT2D eigenvalue weighted by Gasteiger charge is -2.22. The fourth-order valence-electron chi connectivity index (χ4n) is 3.42. The van der Waals surface area contributed by atoms with Crippen molar-refractivity contribution in [3.63, 3.8) is 0 Å². The molecule has 0 amide bonds. The molecule has 1 heterocycles. The molecule has 1 unspecified atom stereocenters. The van der Waals surface area contributed by atoms with Crippen LogP contribution in [0.4, 0.5) is 0 Å². The average molecular weight is 346 g/mol. The molecule has 1 aliphatic heterocycles. The number of hydrogen-bond acceptors (Lipinski definition) is 4. The molecule has 0 spiro atoms. The minimum absolute atomic E-state index is 0.365. The third-order valence-electron chi connectivity index (χ3n) is 4.65. The van der Waals surface area contributed by atoms with E-state index in [0.717, 1.165) is 18.4 Å². The topological polar surface area (TPSA) is 50.7 Å². The number of rotatable bonds is 4. The molecule has 2 N–H and O–H groups in total. The van der Waals surface area contributed by atoms with Gasteiger partial charge < -0.3 is 19.9 Å². The number of halogens is 1. The van der Waals surface area contributed by atoms with Crippen LogP contribution >= 0.6 is 11.6 Å². The van der Waals surface area contributed by atoms with Crippen molar-refractivity contribution in [2.24, 2.45) is 0 Å². The van der Waals surface area contributed by atoms with E-state index in [-0.39, 0.29) is 0 Å². The second-order valence-corrected chi connectivity index (χ2v) is 6.73. The lowest BCUT2D eigenvalue weighted by Crippen LogP contribution is -2.33. The van der Waals surface area contributed by atoms with Crippen LogP contribution < -0.4 is 14.8 Å². The smallest absolute Gasteiger partial charge is 0.179 e. The van der Waals surface area contributed by atoms with Crippen LogP contribution in [0.3, 0.4) is 0 Å². The van der Waals surface area contributed by atoms with E-state index in [1.165, 1.54) is 11.1 Å². The van der Waals surface area contributed by atoms with Crippen molar-refractivity contribution in [1.29, 1.82) is 0 Å². The number of hydrogen-bond donors (Lipinski definition) is 2. The second kappa shape index (κ2) is 6.63. The van der Waals surface area contributed by atoms with Gasteiger partial charge >= 0.3 is 0 Å². The quantitative estimate of drug-likeness (QED) is 0.894. The molecule has 0 saturated heterocycles. The molecule has 24 heavy (non-hydrogen) atoms. The number of ether oxygens (including phenoxy) is 2. The highest BCUT2D eigenvalue weighted by Gasteiger charge is 2.23. The Balaban J connectivity index is 1.40. The van der Waals surface area contributed by atoms with E-state index in [1.807, 2.05) is 6.07 Å². The Kier molecular flexibility index (Phi) is 4.35. The van der Waals surface area contributed by atoms with Gasteiger partial charge in [-0.05, 0) is 41.7 Å². The van der Waals surface area contributed by atoms with E-state index in [2.05, 4.69) is 29.6 Å². The number of aliphatic hydroxyl groups is 1. The first-order chi connectivity index (χ1) is 11.7. The number of nitrogens with one attached hydrogen (secondary N) is 1. The molecular formula is C19H20ClNO3. The third-order valence-corrected chi connectivity index (χ3v) is 4.94. The first-order valence-corrected chi connectivity index (χ1v) is 8.66. The molecule has 2 aliphatic rings. The Labute approximate surface area is 146 Å². The van der Waals surface area contributed by atoms with Crippen LogP contribution in [0.25, 0.3) is 0 Å². The maximum absolute atomic E-state index is 10.5. The van der Waals surface area contributed by atoms with E-state index in [4.69, 9.17) is 21.1 Å². The average Bonchev–Trinajstić information content (AvgIpc) is 3.02. The van der Waals surface area contributed by atoms with E-state index in [0.29, 0.717) is 42.3 Å². The predicted molar refractivity (Wildman–Crippen MR) is 93.0 cm³/mol. The molecule has 1 atom stereocenters. The Morgan fingerprint density at radius 3 is 2.58 bits per heavy atom. The lowest BCUT2D eigenvalue weighted by molar-refractivity contribution is 0.161. The zero-order valence-corrected chi connectivity index (χ0v) is 14.1. The van der Waals surface area contributed by atoms with E-state index >= 15 is 0 Å². The summed E-state index contributed by atoms with van der Waals surface area (Å²) in [7, 11) is 0. The van der Waals surface area contributed by atoms with Crippen molar-refractivity contribution in [3.8, 4) is 11.5 Å². The van der Waals surface area contributed by atoms with Crippen molar-refractivity contribution in [1.82, 2.24) is 5.32 Å². The molecular weight excluding hydrogens is 326 g/mol. The van der Waals surface area contributed by atoms with E-state index < -0.39 is 6.10 Å². The van der Waals surface area contributed by atoms with Gasteiger partial charge in [-0.2, -0.15) is 0 Å². The summed E-state index contributed by atoms with van der Waals surface area (Å²) in [5.41, 5.74) is 3.53. The molecule has 1 aliphatic carbocycles. The second-order valence-electron chi connectivity index (χ2n) is 6.32. The van der Waals surface area contributed by atoms with Crippen LogP contribution in [-0.4, -0.2) is 30.9 Å². The number of aliphatic hydroxyl groups excluding tert-OH is 1. The Morgan fingerprint density at radius 1 is 1.12 bits per heavy atom. The van der Waals surface area contributed by atoms with Crippen molar-refractivity contribution in [3.05, 3.63) is 58.1 Å². The van der Waals surface area contributed by atoms with Gasteiger partial charge in [0, 0.05) is 12.6 Å². The Hall–Kier alpha value is -1.75. The van der Waals surface area contributed by atoms with Gasteiger partial charge in [0.05, 0.1) is 11.1 Å². The minimum atomic E-state index is -0.637. The zero-order chi connectivity index (χ0) is 16.5. The fourth-order valence-corrected chi connectivity index (χ4v) is 3.70. The highest BCUT2D eigenvalue weighted by atomic mass is 35.5. The summed E-state index contributed by atoms with van der Waals surface area (Å²) in [6, 6.07) is 12.4. The Bertz CT molecular complexity index is 724. The van der Waals surface area contributed by atoms with Crippen LogP contribution in [0.5, 0.6) is 11.5 Å². The van der Waals surface area contributed by atoms with E-state index in [9.17, 15) is 5.11 Å². The van der Waals surface area contributed by atoms with Crippen LogP contribution in [0, 0.1) is 0 Å². The molecule has 2 aromatic rings. The van der Waals surface area contributed by atoms with Crippen molar-refractivity contribution >= 4 is 11.6 Å². The van der Waals surface area contributed by atoms with Gasteiger partial charge in [-0.15, -0.1) is 0 Å². The number of fused-ring (bicyclic) bond motifs is 2. The van der Waals surface area contributed by atoms with Gasteiger partial charge in [-0.1, -0.05) is 35.9 Å². The molecule has 126 valence electrons. The molecule has 0 bridgehead atoms. The van der Waals surface area contributed by atoms with E-state index in [1.54, 1.807) is 6.07 Å². The van der Waals surface area contributed by atoms with Gasteiger partial charge in [0.2, 0.25) is 0 Å². The van der Waals surface area contributed by atoms with Crippen LogP contribution in [0.1, 0.15) is 22.8 Å². The maximum atomic E-state index is 10.5. The summed E-state index contributed by atoms with van der Waals surface area (Å²) in [4.78, 5) is 0. The predicted octanol–water partition coefficient (Wildman–Crippen LogP) is 2.90. The number of benzene rings is 2. The first kappa shape index (κ1) is 15.8. The van der Waals surface area contributed by atoms with Crippen molar-refractivity contribution in [2.45, 2.75) is 25.0 Å². The molecule has 0 radical (unpaired) electrons. The van der Waals surface area contributed by atoms with Crippen molar-refractivity contribution < 1.29 is 14.6 Å². The third kappa shape index (κ3) is 3.09. The van der Waals surface area contributed by atoms with Gasteiger partial charge in [-0.3, -0.25) is 0 Å². The standard InChI is InChI=1S/C19H20ClNO3/c20-16-9-14(10-18-19(16)24-6-5-23-18)17(22)11-21-15-7-12-3-1-2-4-13(12)8-15/h1-4,9-10,15,17,21-22H,5-8,11H2. The lowest BCUT2D eigenvalue weighted by atomic mass is 10.1. The molecule has 5 heteroatoms. The van der Waals surface area contributed by atoms with Gasteiger partial charge in [0.25, 0.3) is 0 Å². The molecule has 2 aromatic carbocycles. The summed E-state index contributed by atoms with van der Waals surface area (Å²) in [5, 5.41) is 14.4. The Morgan fingerprint density at radius 2 is 1.83 bits per heavy atom. The molecule has 4 rings (SSSR count). The van der Waals surface area contributed by atoms with Gasteiger partial charge in [0.15, 0.2) is 11.5 Å². The highest BCUT2D eigenvalue weighted by Crippen LogP contribution is 2.39. The highest BCUT2D eigenvalue weighted by molar-refractivity contribution is 6.32. The summed E-state index contributed by atoms with van der Waals surface area (Å²) in [6.45, 7) is 1.48. The van der Waals surface area contributed by atoms with Crippen LogP contribution in [0.15, 0.2) is 36.4 Å². The summed E-state index contributed by atoms with van der Waals surface area (Å²) >= 11 is 6.24. The SMILES string of the molecule is OC(CNC1Cc2ccccc2C1)c1cc(Cl)c2c(c1)OCCO2. The summed E-state index contributed by atoms with van der Waals surface area (Å²) in [5.74, 6) is 1.18. The van der Waals surface area contributed by atoms with Gasteiger partial charge in [0.1, 0.15) is 13.2 Å². The molecule has 4 nitrogen and oxygen atoms in total. The minimum Gasteiger partial charge on any atom is -0.486 e. The summed E-state index contributed by atoms with van der Waals surface area (Å²) in [6.07, 6.45) is 1.37. The fraction of sp³-hybridized carbons (Fsp3) is 0.368. The monoisotopic (exact) mass is 345 g/mol. The normalized spacial score (nSPS) is 17.6. The van der Waals surface area contributed by atoms with Crippen LogP contribution in [0.2, 0.25) is 5.02 Å². The summed E-state index contributed by atoms with van der Waals surface area (Å²) < 4.78 is 11.1. The molecule has 0 aromatic heterocycles. The zero-order valence-electron chi connectivity index (χ0n) is 13.3. The first-order valence-electron chi connectivity index (χ1n) is 8.28. The molecule has 0 fully saturated rings. The van der Waals surface area contributed by atoms with Crippen LogP contribution in [-0.2, 0) is 12.8 Å².